The zero-order valence-electron chi connectivity index (χ0n) is 18.8. The molecule has 4 nitrogen and oxygen atoms in total. The van der Waals surface area contributed by atoms with Crippen LogP contribution in [0.5, 0.6) is 5.75 Å². The summed E-state index contributed by atoms with van der Waals surface area (Å²) in [6.07, 6.45) is 1.64. The molecule has 0 fully saturated rings. The van der Waals surface area contributed by atoms with Crippen LogP contribution in [0, 0.1) is 5.82 Å². The van der Waals surface area contributed by atoms with Crippen molar-refractivity contribution in [2.75, 3.05) is 0 Å². The van der Waals surface area contributed by atoms with Crippen molar-refractivity contribution in [3.05, 3.63) is 128 Å². The quantitative estimate of drug-likeness (QED) is 0.165. The molecule has 0 aromatic heterocycles. The summed E-state index contributed by atoms with van der Waals surface area (Å²) >= 11 is 7.00. The lowest BCUT2D eigenvalue weighted by Crippen LogP contribution is -2.05. The van der Waals surface area contributed by atoms with Crippen molar-refractivity contribution >= 4 is 49.8 Å². The first-order valence-electron chi connectivity index (χ1n) is 11.0. The van der Waals surface area contributed by atoms with E-state index in [1.54, 1.807) is 36.4 Å². The Morgan fingerprint density at radius 1 is 0.833 bits per heavy atom. The third-order valence-electron chi connectivity index (χ3n) is 5.51. The number of benzene rings is 4. The van der Waals surface area contributed by atoms with Gasteiger partial charge in [0, 0.05) is 11.1 Å². The van der Waals surface area contributed by atoms with Crippen LogP contribution in [-0.2, 0) is 16.1 Å². The van der Waals surface area contributed by atoms with E-state index >= 15 is 0 Å². The number of rotatable bonds is 6. The van der Waals surface area contributed by atoms with Gasteiger partial charge in [0.15, 0.2) is 5.70 Å². The molecule has 0 atom stereocenters. The highest BCUT2D eigenvalue weighted by Crippen LogP contribution is 2.36. The van der Waals surface area contributed by atoms with Crippen LogP contribution in [0.1, 0.15) is 16.7 Å². The van der Waals surface area contributed by atoms with Gasteiger partial charge in [-0.1, -0.05) is 60.7 Å². The van der Waals surface area contributed by atoms with Gasteiger partial charge in [-0.15, -0.1) is 0 Å². The maximum atomic E-state index is 13.9. The normalized spacial score (nSPS) is 14.0. The second kappa shape index (κ2) is 10.6. The third-order valence-corrected chi connectivity index (χ3v) is 6.69. The monoisotopic (exact) mass is 605 g/mol. The van der Waals surface area contributed by atoms with Gasteiger partial charge in [-0.25, -0.2) is 14.2 Å². The van der Waals surface area contributed by atoms with Crippen LogP contribution in [-0.4, -0.2) is 11.9 Å². The lowest BCUT2D eigenvalue weighted by Gasteiger charge is -2.12. The minimum atomic E-state index is -0.524. The number of aliphatic imine (C=N–C) groups is 1. The molecule has 0 N–H and O–H groups in total. The minimum Gasteiger partial charge on any atom is -0.486 e. The number of nitrogens with zero attached hydrogens (tertiary/aromatic N) is 1. The molecule has 0 radical (unpaired) electrons. The molecular formula is C29H18Br2FNO3. The largest absolute Gasteiger partial charge is 0.486 e. The van der Waals surface area contributed by atoms with Crippen molar-refractivity contribution in [2.45, 2.75) is 6.61 Å². The van der Waals surface area contributed by atoms with E-state index in [1.165, 1.54) is 6.07 Å². The molecule has 0 bridgehead atoms. The van der Waals surface area contributed by atoms with Crippen molar-refractivity contribution in [1.82, 2.24) is 0 Å². The van der Waals surface area contributed by atoms with Crippen molar-refractivity contribution in [3.8, 4) is 16.9 Å². The molecule has 7 heteroatoms. The summed E-state index contributed by atoms with van der Waals surface area (Å²) in [5.74, 6) is -0.0654. The summed E-state index contributed by atoms with van der Waals surface area (Å²) in [4.78, 5) is 16.9. The standard InChI is InChI=1S/C29H18Br2FNO3/c30-23-14-18(15-24(31)27(23)35-17-22-8-4-5-9-25(22)32)16-26-29(34)36-28(33-26)21-12-10-20(11-13-21)19-6-2-1-3-7-19/h1-16H,17H2/b26-16-. The predicted octanol–water partition coefficient (Wildman–Crippen LogP) is 7.94. The van der Waals surface area contributed by atoms with Gasteiger partial charge in [0.05, 0.1) is 8.95 Å². The molecule has 178 valence electrons. The molecule has 0 saturated carbocycles. The number of cyclic esters (lactones) is 1. The minimum absolute atomic E-state index is 0.0767. The Morgan fingerprint density at radius 2 is 1.44 bits per heavy atom. The van der Waals surface area contributed by atoms with E-state index in [9.17, 15) is 9.18 Å². The molecule has 0 unspecified atom stereocenters. The van der Waals surface area contributed by atoms with Gasteiger partial charge >= 0.3 is 5.97 Å². The van der Waals surface area contributed by atoms with Crippen LogP contribution < -0.4 is 4.74 Å². The second-order valence-corrected chi connectivity index (χ2v) is 9.68. The maximum Gasteiger partial charge on any atom is 0.363 e. The number of hydrogen-bond acceptors (Lipinski definition) is 4. The van der Waals surface area contributed by atoms with Crippen molar-refractivity contribution in [2.24, 2.45) is 4.99 Å². The van der Waals surface area contributed by atoms with Crippen LogP contribution in [0.15, 0.2) is 111 Å². The average Bonchev–Trinajstić information content (AvgIpc) is 3.25. The van der Waals surface area contributed by atoms with E-state index in [2.05, 4.69) is 36.9 Å². The van der Waals surface area contributed by atoms with E-state index in [0.29, 0.717) is 31.4 Å². The Morgan fingerprint density at radius 3 is 2.14 bits per heavy atom. The zero-order chi connectivity index (χ0) is 25.1. The number of ether oxygens (including phenoxy) is 2. The van der Waals surface area contributed by atoms with E-state index < -0.39 is 5.97 Å². The van der Waals surface area contributed by atoms with Gasteiger partial charge in [-0.05, 0) is 85.0 Å². The Bertz CT molecular complexity index is 1480. The first-order chi connectivity index (χ1) is 17.5. The number of esters is 1. The van der Waals surface area contributed by atoms with Crippen LogP contribution in [0.2, 0.25) is 0 Å². The van der Waals surface area contributed by atoms with E-state index in [-0.39, 0.29) is 24.0 Å². The van der Waals surface area contributed by atoms with Gasteiger partial charge in [0.25, 0.3) is 0 Å². The van der Waals surface area contributed by atoms with Crippen molar-refractivity contribution in [1.29, 1.82) is 0 Å². The first kappa shape index (κ1) is 24.2. The number of carbonyl (C=O) groups is 1. The highest BCUT2D eigenvalue weighted by atomic mass is 79.9. The Labute approximate surface area is 224 Å². The second-order valence-electron chi connectivity index (χ2n) is 7.97. The SMILES string of the molecule is O=C1OC(c2ccc(-c3ccccc3)cc2)=N/C1=C\c1cc(Br)c(OCc2ccccc2F)c(Br)c1. The molecule has 36 heavy (non-hydrogen) atoms. The van der Waals surface area contributed by atoms with Crippen LogP contribution >= 0.6 is 31.9 Å². The molecule has 0 spiro atoms. The first-order valence-corrected chi connectivity index (χ1v) is 12.6. The van der Waals surface area contributed by atoms with Crippen LogP contribution in [0.3, 0.4) is 0 Å². The van der Waals surface area contributed by atoms with E-state index in [1.807, 2.05) is 54.6 Å². The number of halogens is 3. The molecule has 0 aliphatic carbocycles. The fourth-order valence-corrected chi connectivity index (χ4v) is 5.14. The van der Waals surface area contributed by atoms with Gasteiger partial charge in [0.1, 0.15) is 18.2 Å². The van der Waals surface area contributed by atoms with Crippen LogP contribution in [0.25, 0.3) is 17.2 Å². The average molecular weight is 607 g/mol. The fourth-order valence-electron chi connectivity index (χ4n) is 3.69. The predicted molar refractivity (Wildman–Crippen MR) is 145 cm³/mol. The van der Waals surface area contributed by atoms with Gasteiger partial charge in [0.2, 0.25) is 5.90 Å². The molecule has 1 heterocycles. The summed E-state index contributed by atoms with van der Waals surface area (Å²) < 4.78 is 26.4. The molecule has 4 aromatic rings. The number of hydrogen-bond donors (Lipinski definition) is 0. The van der Waals surface area contributed by atoms with Crippen molar-refractivity contribution in [3.63, 3.8) is 0 Å². The Kier molecular flexibility index (Phi) is 7.11. The zero-order valence-corrected chi connectivity index (χ0v) is 21.9. The molecular weight excluding hydrogens is 589 g/mol. The summed E-state index contributed by atoms with van der Waals surface area (Å²) in [5.41, 5.74) is 4.24. The Hall–Kier alpha value is -3.55. The van der Waals surface area contributed by atoms with Gasteiger partial charge in [-0.3, -0.25) is 0 Å². The Balaban J connectivity index is 1.34. The molecule has 5 rings (SSSR count). The molecule has 4 aromatic carbocycles. The summed E-state index contributed by atoms with van der Waals surface area (Å²) in [6, 6.07) is 27.8. The third kappa shape index (κ3) is 5.32. The maximum absolute atomic E-state index is 13.9. The molecule has 0 amide bonds. The highest BCUT2D eigenvalue weighted by molar-refractivity contribution is 9.11. The van der Waals surface area contributed by atoms with Gasteiger partial charge in [-0.2, -0.15) is 0 Å². The van der Waals surface area contributed by atoms with E-state index in [0.717, 1.165) is 11.1 Å². The molecule has 1 aliphatic rings. The smallest absolute Gasteiger partial charge is 0.363 e. The van der Waals surface area contributed by atoms with Crippen molar-refractivity contribution < 1.29 is 18.7 Å². The lowest BCUT2D eigenvalue weighted by molar-refractivity contribution is -0.129. The van der Waals surface area contributed by atoms with E-state index in [4.69, 9.17) is 9.47 Å². The highest BCUT2D eigenvalue weighted by Gasteiger charge is 2.24. The number of carbonyl (C=O) groups excluding carboxylic acids is 1. The summed E-state index contributed by atoms with van der Waals surface area (Å²) in [5, 5.41) is 0. The summed E-state index contributed by atoms with van der Waals surface area (Å²) in [7, 11) is 0. The topological polar surface area (TPSA) is 47.9 Å². The summed E-state index contributed by atoms with van der Waals surface area (Å²) in [6.45, 7) is 0.0767. The van der Waals surface area contributed by atoms with Crippen LogP contribution in [0.4, 0.5) is 4.39 Å². The molecule has 0 saturated heterocycles. The molecule has 1 aliphatic heterocycles. The lowest BCUT2D eigenvalue weighted by atomic mass is 10.0. The fraction of sp³-hybridized carbons (Fsp3) is 0.0345. The van der Waals surface area contributed by atoms with Gasteiger partial charge < -0.3 is 9.47 Å².